The van der Waals surface area contributed by atoms with Crippen LogP contribution in [0.3, 0.4) is 0 Å². The third-order valence-electron chi connectivity index (χ3n) is 9.85. The lowest BCUT2D eigenvalue weighted by atomic mass is 9.45. The Morgan fingerprint density at radius 1 is 1.23 bits per heavy atom. The molecule has 1 amide bonds. The van der Waals surface area contributed by atoms with Crippen molar-refractivity contribution in [3.8, 4) is 11.5 Å². The minimum Gasteiger partial charge on any atom is -0.493 e. The summed E-state index contributed by atoms with van der Waals surface area (Å²) in [6, 6.07) is 3.92. The molecule has 2 aliphatic heterocycles. The molecule has 12 heteroatoms. The average molecular weight is 614 g/mol. The van der Waals surface area contributed by atoms with Gasteiger partial charge in [-0.25, -0.2) is 9.59 Å². The second-order valence-electron chi connectivity index (χ2n) is 12.9. The van der Waals surface area contributed by atoms with Crippen LogP contribution < -0.4 is 14.8 Å². The Kier molecular flexibility index (Phi) is 7.43. The topological polar surface area (TPSA) is 156 Å². The Balaban J connectivity index is 1.08. The second kappa shape index (κ2) is 10.8. The lowest BCUT2D eigenvalue weighted by Gasteiger charge is -2.61. The molecule has 2 heterocycles. The largest absolute Gasteiger partial charge is 0.493 e. The number of esters is 3. The number of ether oxygens (including phenoxy) is 6. The van der Waals surface area contributed by atoms with Gasteiger partial charge in [-0.3, -0.25) is 9.59 Å². The van der Waals surface area contributed by atoms with Crippen LogP contribution in [-0.2, 0) is 50.0 Å². The average Bonchev–Trinajstić information content (AvgIpc) is 3.44. The summed E-state index contributed by atoms with van der Waals surface area (Å²) in [6.07, 6.45) is 0.879. The first-order chi connectivity index (χ1) is 20.8. The fourth-order valence-corrected chi connectivity index (χ4v) is 7.86. The van der Waals surface area contributed by atoms with Gasteiger partial charge in [0.05, 0.1) is 31.0 Å². The summed E-state index contributed by atoms with van der Waals surface area (Å²) in [5, 5.41) is 14.9. The van der Waals surface area contributed by atoms with Gasteiger partial charge in [-0.15, -0.1) is 0 Å². The number of carbonyl (C=O) groups is 4. The molecule has 6 rings (SSSR count). The van der Waals surface area contributed by atoms with E-state index in [0.29, 0.717) is 30.3 Å². The van der Waals surface area contributed by atoms with Gasteiger partial charge in [0.2, 0.25) is 11.7 Å². The van der Waals surface area contributed by atoms with Gasteiger partial charge >= 0.3 is 17.9 Å². The van der Waals surface area contributed by atoms with Gasteiger partial charge in [-0.05, 0) is 62.1 Å². The Morgan fingerprint density at radius 3 is 2.70 bits per heavy atom. The van der Waals surface area contributed by atoms with Gasteiger partial charge in [-0.2, -0.15) is 0 Å². The monoisotopic (exact) mass is 613 g/mol. The highest BCUT2D eigenvalue weighted by Gasteiger charge is 2.72. The van der Waals surface area contributed by atoms with E-state index in [4.69, 9.17) is 28.4 Å². The molecule has 12 nitrogen and oxygen atoms in total. The van der Waals surface area contributed by atoms with Crippen LogP contribution in [0.5, 0.6) is 11.5 Å². The first-order valence-electron chi connectivity index (χ1n) is 15.2. The van der Waals surface area contributed by atoms with E-state index in [-0.39, 0.29) is 31.1 Å². The maximum atomic E-state index is 13.1. The quantitative estimate of drug-likeness (QED) is 0.311. The summed E-state index contributed by atoms with van der Waals surface area (Å²) in [4.78, 5) is 49.6. The molecule has 1 unspecified atom stereocenters. The van der Waals surface area contributed by atoms with Crippen molar-refractivity contribution in [2.75, 3.05) is 13.7 Å². The Bertz CT molecular complexity index is 1440. The molecule has 1 aromatic rings. The molecule has 7 atom stereocenters. The van der Waals surface area contributed by atoms with Crippen molar-refractivity contribution >= 4 is 23.8 Å². The summed E-state index contributed by atoms with van der Waals surface area (Å²) in [6.45, 7) is 6.67. The number of cyclic esters (lactones) is 1. The molecule has 2 bridgehead atoms. The van der Waals surface area contributed by atoms with E-state index >= 15 is 0 Å². The molecule has 3 aliphatic carbocycles. The molecule has 238 valence electrons. The highest BCUT2D eigenvalue weighted by atomic mass is 16.8. The molecule has 1 spiro atoms. The number of aliphatic hydroxyl groups is 1. The normalized spacial score (nSPS) is 32.8. The molecular formula is C32H39NO11. The van der Waals surface area contributed by atoms with Crippen LogP contribution in [0, 0.1) is 11.8 Å². The minimum absolute atomic E-state index is 0.0226. The number of rotatable bonds is 9. The standard InChI is InChI=1S/C32H39NO11/c1-16-8-11-31-25-18-6-7-20(39-5)26(25)42-27(31)21(9-12-32(31,38)19(16)14-18)41-28(36)17(2)40-24(35)10-13-33-23(34)15-22-29(37)44-30(3,4)43-22/h6-7,9,16-17,19,22,27,38H,8,10-15H2,1-5H3,(H,33,34)/t16?,17-,19+,22+,27+,31+,32-/m1/s1. The summed E-state index contributed by atoms with van der Waals surface area (Å²) in [5.74, 6) is -1.95. The van der Waals surface area contributed by atoms with Crippen molar-refractivity contribution in [1.29, 1.82) is 0 Å². The number of benzene rings is 1. The number of amides is 1. The summed E-state index contributed by atoms with van der Waals surface area (Å²) < 4.78 is 33.7. The Hall–Kier alpha value is -3.64. The molecule has 1 aromatic carbocycles. The SMILES string of the molecule is COc1ccc2c3c1O[C@H]1C(OC(=O)[C@@H](C)OC(=O)CCNC(=O)C[C@@H]4OC(C)(C)OC4=O)=CC[C@@]4(O)[C@@H](C2)C(C)CC[C@]314. The third kappa shape index (κ3) is 4.73. The fraction of sp³-hybridized carbons (Fsp3) is 0.625. The predicted octanol–water partition coefficient (Wildman–Crippen LogP) is 2.36. The van der Waals surface area contributed by atoms with Gasteiger partial charge in [0.25, 0.3) is 0 Å². The van der Waals surface area contributed by atoms with E-state index in [1.807, 2.05) is 12.1 Å². The van der Waals surface area contributed by atoms with Crippen molar-refractivity contribution in [3.05, 3.63) is 35.1 Å². The fourth-order valence-electron chi connectivity index (χ4n) is 7.86. The first kappa shape index (κ1) is 30.4. The van der Waals surface area contributed by atoms with Crippen molar-refractivity contribution < 1.29 is 52.7 Å². The van der Waals surface area contributed by atoms with Crippen LogP contribution in [0.4, 0.5) is 0 Å². The Morgan fingerprint density at radius 2 is 2.00 bits per heavy atom. The number of hydrogen-bond donors (Lipinski definition) is 2. The minimum atomic E-state index is -1.24. The number of methoxy groups -OCH3 is 1. The van der Waals surface area contributed by atoms with Gasteiger partial charge in [0.15, 0.2) is 29.8 Å². The summed E-state index contributed by atoms with van der Waals surface area (Å²) in [7, 11) is 1.57. The van der Waals surface area contributed by atoms with Gasteiger partial charge in [0.1, 0.15) is 5.76 Å². The molecule has 0 radical (unpaired) electrons. The molecule has 1 saturated carbocycles. The smallest absolute Gasteiger partial charge is 0.352 e. The highest BCUT2D eigenvalue weighted by Crippen LogP contribution is 2.68. The van der Waals surface area contributed by atoms with Crippen LogP contribution in [0.15, 0.2) is 24.0 Å². The number of hydrogen-bond acceptors (Lipinski definition) is 11. The lowest BCUT2D eigenvalue weighted by Crippen LogP contribution is -2.69. The lowest BCUT2D eigenvalue weighted by molar-refractivity contribution is -0.176. The van der Waals surface area contributed by atoms with E-state index in [1.165, 1.54) is 6.92 Å². The van der Waals surface area contributed by atoms with Crippen LogP contribution >= 0.6 is 0 Å². The van der Waals surface area contributed by atoms with E-state index in [0.717, 1.165) is 24.0 Å². The van der Waals surface area contributed by atoms with Crippen molar-refractivity contribution in [2.45, 2.75) is 101 Å². The van der Waals surface area contributed by atoms with Crippen LogP contribution in [0.25, 0.3) is 0 Å². The van der Waals surface area contributed by atoms with Gasteiger partial charge < -0.3 is 38.8 Å². The first-order valence-corrected chi connectivity index (χ1v) is 15.2. The van der Waals surface area contributed by atoms with Crippen molar-refractivity contribution in [3.63, 3.8) is 0 Å². The second-order valence-corrected chi connectivity index (χ2v) is 12.9. The highest BCUT2D eigenvalue weighted by molar-refractivity contribution is 5.86. The van der Waals surface area contributed by atoms with Gasteiger partial charge in [0, 0.05) is 26.0 Å². The molecule has 0 aromatic heterocycles. The number of nitrogens with one attached hydrogen (secondary N) is 1. The van der Waals surface area contributed by atoms with Crippen LogP contribution in [0.2, 0.25) is 0 Å². The predicted molar refractivity (Wildman–Crippen MR) is 151 cm³/mol. The van der Waals surface area contributed by atoms with Crippen molar-refractivity contribution in [2.24, 2.45) is 11.8 Å². The molecule has 1 saturated heterocycles. The van der Waals surface area contributed by atoms with Crippen molar-refractivity contribution in [1.82, 2.24) is 5.32 Å². The van der Waals surface area contributed by atoms with Crippen LogP contribution in [0.1, 0.15) is 70.9 Å². The molecule has 44 heavy (non-hydrogen) atoms. The van der Waals surface area contributed by atoms with Crippen LogP contribution in [-0.4, -0.2) is 72.3 Å². The van der Waals surface area contributed by atoms with E-state index in [9.17, 15) is 24.3 Å². The zero-order valence-electron chi connectivity index (χ0n) is 25.6. The Labute approximate surface area is 255 Å². The van der Waals surface area contributed by atoms with Gasteiger partial charge in [-0.1, -0.05) is 13.0 Å². The van der Waals surface area contributed by atoms with E-state index in [2.05, 4.69) is 12.2 Å². The molecule has 2 N–H and O–H groups in total. The summed E-state index contributed by atoms with van der Waals surface area (Å²) in [5.41, 5.74) is 0.195. The molecule has 5 aliphatic rings. The van der Waals surface area contributed by atoms with E-state index in [1.54, 1.807) is 27.0 Å². The zero-order chi connectivity index (χ0) is 31.6. The zero-order valence-corrected chi connectivity index (χ0v) is 25.6. The maximum Gasteiger partial charge on any atom is 0.352 e. The molecular weight excluding hydrogens is 574 g/mol. The number of carbonyl (C=O) groups excluding carboxylic acids is 4. The third-order valence-corrected chi connectivity index (χ3v) is 9.85. The molecule has 2 fully saturated rings. The van der Waals surface area contributed by atoms with E-state index < -0.39 is 58.9 Å². The summed E-state index contributed by atoms with van der Waals surface area (Å²) >= 11 is 0. The maximum absolute atomic E-state index is 13.1.